The Morgan fingerprint density at radius 1 is 1.04 bits per heavy atom. The van der Waals surface area contributed by atoms with E-state index in [0.717, 1.165) is 0 Å². The molecule has 24 heavy (non-hydrogen) atoms. The van der Waals surface area contributed by atoms with Gasteiger partial charge in [0.2, 0.25) is 5.91 Å². The number of nitrogens with one attached hydrogen (secondary N) is 1. The Morgan fingerprint density at radius 3 is 2.21 bits per heavy atom. The van der Waals surface area contributed by atoms with Crippen molar-refractivity contribution in [1.29, 1.82) is 0 Å². The molecule has 0 aliphatic carbocycles. The quantitative estimate of drug-likeness (QED) is 0.821. The first-order valence-electron chi connectivity index (χ1n) is 7.85. The summed E-state index contributed by atoms with van der Waals surface area (Å²) in [5.74, 6) is 0.162. The highest BCUT2D eigenvalue weighted by atomic mass is 16.5. The lowest BCUT2D eigenvalue weighted by molar-refractivity contribution is -0.120. The molecule has 3 N–H and O–H groups in total. The minimum atomic E-state index is -0.865. The van der Waals surface area contributed by atoms with Crippen molar-refractivity contribution in [3.05, 3.63) is 65.7 Å². The number of nitrogens with two attached hydrogens (primary N) is 1. The maximum atomic E-state index is 12.4. The maximum absolute atomic E-state index is 12.4. The zero-order valence-corrected chi connectivity index (χ0v) is 13.9. The number of rotatable bonds is 7. The van der Waals surface area contributed by atoms with Crippen molar-refractivity contribution in [3.8, 4) is 5.75 Å². The summed E-state index contributed by atoms with van der Waals surface area (Å²) in [6, 6.07) is 14.8. The Balaban J connectivity index is 2.06. The van der Waals surface area contributed by atoms with E-state index >= 15 is 0 Å². The molecular weight excluding hydrogens is 304 g/mol. The topological polar surface area (TPSA) is 81.4 Å². The second kappa shape index (κ2) is 8.15. The summed E-state index contributed by atoms with van der Waals surface area (Å²) in [7, 11) is 0. The summed E-state index contributed by atoms with van der Waals surface area (Å²) in [5, 5.41) is 2.66. The molecule has 0 radical (unpaired) electrons. The van der Waals surface area contributed by atoms with Crippen LogP contribution in [0.5, 0.6) is 5.75 Å². The average molecular weight is 326 g/mol. The molecule has 0 aromatic heterocycles. The summed E-state index contributed by atoms with van der Waals surface area (Å²) < 4.78 is 5.58. The van der Waals surface area contributed by atoms with Gasteiger partial charge >= 0.3 is 0 Å². The molecule has 5 nitrogen and oxygen atoms in total. The summed E-state index contributed by atoms with van der Waals surface area (Å²) >= 11 is 0. The zero-order valence-electron chi connectivity index (χ0n) is 13.9. The molecule has 5 heteroatoms. The first-order valence-corrected chi connectivity index (χ1v) is 7.85. The second-order valence-corrected chi connectivity index (χ2v) is 5.95. The van der Waals surface area contributed by atoms with Crippen LogP contribution in [-0.2, 0) is 4.79 Å². The van der Waals surface area contributed by atoms with E-state index in [9.17, 15) is 9.59 Å². The predicted molar refractivity (Wildman–Crippen MR) is 92.6 cm³/mol. The van der Waals surface area contributed by atoms with Gasteiger partial charge in [0.05, 0.1) is 6.61 Å². The fourth-order valence-electron chi connectivity index (χ4n) is 2.14. The van der Waals surface area contributed by atoms with Gasteiger partial charge in [-0.15, -0.1) is 0 Å². The Bertz CT molecular complexity index is 682. The van der Waals surface area contributed by atoms with Gasteiger partial charge in [-0.2, -0.15) is 0 Å². The third kappa shape index (κ3) is 4.84. The van der Waals surface area contributed by atoms with Crippen LogP contribution in [0.1, 0.15) is 35.8 Å². The van der Waals surface area contributed by atoms with Crippen molar-refractivity contribution >= 4 is 11.8 Å². The van der Waals surface area contributed by atoms with Crippen LogP contribution in [0.15, 0.2) is 54.6 Å². The van der Waals surface area contributed by atoms with Crippen LogP contribution in [0.2, 0.25) is 0 Å². The third-order valence-electron chi connectivity index (χ3n) is 3.39. The Labute approximate surface area is 141 Å². The molecule has 0 heterocycles. The van der Waals surface area contributed by atoms with Crippen molar-refractivity contribution < 1.29 is 14.3 Å². The lowest BCUT2D eigenvalue weighted by Crippen LogP contribution is -2.37. The second-order valence-electron chi connectivity index (χ2n) is 5.95. The molecule has 2 aromatic rings. The SMILES string of the molecule is CC(C)COc1ccc(C(=O)N[C@@H](C(N)=O)c2ccccc2)cc1. The summed E-state index contributed by atoms with van der Waals surface area (Å²) in [6.07, 6.45) is 0. The lowest BCUT2D eigenvalue weighted by Gasteiger charge is -2.16. The first-order chi connectivity index (χ1) is 11.5. The molecule has 0 saturated heterocycles. The highest BCUT2D eigenvalue weighted by molar-refractivity contribution is 5.97. The molecule has 0 bridgehead atoms. The number of carbonyl (C=O) groups excluding carboxylic acids is 2. The molecule has 2 aromatic carbocycles. The number of amides is 2. The highest BCUT2D eigenvalue weighted by Gasteiger charge is 2.20. The first kappa shape index (κ1) is 17.5. The van der Waals surface area contributed by atoms with Gasteiger partial charge in [0.1, 0.15) is 11.8 Å². The normalized spacial score (nSPS) is 11.8. The molecule has 0 spiro atoms. The number of ether oxygens (including phenoxy) is 1. The van der Waals surface area contributed by atoms with Crippen LogP contribution in [-0.4, -0.2) is 18.4 Å². The average Bonchev–Trinajstić information content (AvgIpc) is 2.58. The monoisotopic (exact) mass is 326 g/mol. The van der Waals surface area contributed by atoms with Crippen LogP contribution < -0.4 is 15.8 Å². The van der Waals surface area contributed by atoms with Gasteiger partial charge < -0.3 is 15.8 Å². The molecule has 2 amide bonds. The summed E-state index contributed by atoms with van der Waals surface area (Å²) in [5.41, 5.74) is 6.50. The van der Waals surface area contributed by atoms with Crippen LogP contribution >= 0.6 is 0 Å². The summed E-state index contributed by atoms with van der Waals surface area (Å²) in [4.78, 5) is 24.0. The minimum Gasteiger partial charge on any atom is -0.493 e. The van der Waals surface area contributed by atoms with E-state index in [4.69, 9.17) is 10.5 Å². The number of carbonyl (C=O) groups is 2. The lowest BCUT2D eigenvalue weighted by atomic mass is 10.1. The number of benzene rings is 2. The Hall–Kier alpha value is -2.82. The van der Waals surface area contributed by atoms with E-state index < -0.39 is 11.9 Å². The Morgan fingerprint density at radius 2 is 1.67 bits per heavy atom. The molecule has 126 valence electrons. The van der Waals surface area contributed by atoms with Gasteiger partial charge in [0.25, 0.3) is 5.91 Å². The molecule has 0 unspecified atom stereocenters. The van der Waals surface area contributed by atoms with E-state index in [2.05, 4.69) is 19.2 Å². The highest BCUT2D eigenvalue weighted by Crippen LogP contribution is 2.16. The predicted octanol–water partition coefficient (Wildman–Crippen LogP) is 2.68. The van der Waals surface area contributed by atoms with Gasteiger partial charge in [-0.1, -0.05) is 44.2 Å². The van der Waals surface area contributed by atoms with Crippen LogP contribution in [0.3, 0.4) is 0 Å². The molecule has 1 atom stereocenters. The molecular formula is C19H22N2O3. The van der Waals surface area contributed by atoms with Gasteiger partial charge in [-0.05, 0) is 35.7 Å². The number of primary amides is 1. The number of hydrogen-bond donors (Lipinski definition) is 2. The fourth-order valence-corrected chi connectivity index (χ4v) is 2.14. The number of hydrogen-bond acceptors (Lipinski definition) is 3. The molecule has 0 aliphatic rings. The van der Waals surface area contributed by atoms with Crippen molar-refractivity contribution in [2.24, 2.45) is 11.7 Å². The van der Waals surface area contributed by atoms with E-state index in [-0.39, 0.29) is 5.91 Å². The standard InChI is InChI=1S/C19H22N2O3/c1-13(2)12-24-16-10-8-15(9-11-16)19(23)21-17(18(20)22)14-6-4-3-5-7-14/h3-11,13,17H,12H2,1-2H3,(H2,20,22)(H,21,23)/t17-/m1/s1. The van der Waals surface area contributed by atoms with E-state index in [0.29, 0.717) is 29.4 Å². The largest absolute Gasteiger partial charge is 0.493 e. The Kier molecular flexibility index (Phi) is 5.95. The van der Waals surface area contributed by atoms with Crippen molar-refractivity contribution in [1.82, 2.24) is 5.32 Å². The summed E-state index contributed by atoms with van der Waals surface area (Å²) in [6.45, 7) is 4.74. The van der Waals surface area contributed by atoms with Gasteiger partial charge in [-0.3, -0.25) is 9.59 Å². The molecule has 0 saturated carbocycles. The van der Waals surface area contributed by atoms with Crippen molar-refractivity contribution in [2.75, 3.05) is 6.61 Å². The van der Waals surface area contributed by atoms with E-state index in [1.165, 1.54) is 0 Å². The zero-order chi connectivity index (χ0) is 17.5. The van der Waals surface area contributed by atoms with Crippen molar-refractivity contribution in [3.63, 3.8) is 0 Å². The fraction of sp³-hybridized carbons (Fsp3) is 0.263. The molecule has 2 rings (SSSR count). The smallest absolute Gasteiger partial charge is 0.252 e. The van der Waals surface area contributed by atoms with E-state index in [1.807, 2.05) is 6.07 Å². The van der Waals surface area contributed by atoms with Crippen LogP contribution in [0.4, 0.5) is 0 Å². The van der Waals surface area contributed by atoms with Crippen LogP contribution in [0.25, 0.3) is 0 Å². The third-order valence-corrected chi connectivity index (χ3v) is 3.39. The molecule has 0 fully saturated rings. The maximum Gasteiger partial charge on any atom is 0.252 e. The van der Waals surface area contributed by atoms with E-state index in [1.54, 1.807) is 48.5 Å². The van der Waals surface area contributed by atoms with Gasteiger partial charge in [-0.25, -0.2) is 0 Å². The van der Waals surface area contributed by atoms with Crippen molar-refractivity contribution in [2.45, 2.75) is 19.9 Å². The molecule has 0 aliphatic heterocycles. The van der Waals surface area contributed by atoms with Gasteiger partial charge in [0, 0.05) is 5.56 Å². The minimum absolute atomic E-state index is 0.363. The van der Waals surface area contributed by atoms with Crippen LogP contribution in [0, 0.1) is 5.92 Å². The van der Waals surface area contributed by atoms with Gasteiger partial charge in [0.15, 0.2) is 0 Å².